The molecule has 0 aromatic carbocycles. The van der Waals surface area contributed by atoms with Crippen LogP contribution in [0.3, 0.4) is 0 Å². The highest BCUT2D eigenvalue weighted by Crippen LogP contribution is 2.38. The Labute approximate surface area is 116 Å². The van der Waals surface area contributed by atoms with Crippen molar-refractivity contribution < 1.29 is 31.5 Å². The van der Waals surface area contributed by atoms with Crippen LogP contribution in [0.15, 0.2) is 16.3 Å². The Bertz CT molecular complexity index is 617. The zero-order valence-corrected chi connectivity index (χ0v) is 11.5. The fourth-order valence-corrected chi connectivity index (χ4v) is 4.50. The molecule has 0 unspecified atom stereocenters. The highest BCUT2D eigenvalue weighted by molar-refractivity contribution is 7.89. The van der Waals surface area contributed by atoms with Crippen LogP contribution in [0.1, 0.15) is 17.7 Å². The first kappa shape index (κ1) is 15.3. The van der Waals surface area contributed by atoms with Gasteiger partial charge in [0.05, 0.1) is 5.92 Å². The van der Waals surface area contributed by atoms with Crippen molar-refractivity contribution in [2.75, 3.05) is 0 Å². The number of alkyl halides is 3. The molecular formula is C10H10F3NO4S2. The highest BCUT2D eigenvalue weighted by atomic mass is 32.2. The number of carbonyl (C=O) groups is 1. The first-order valence-corrected chi connectivity index (χ1v) is 7.87. The van der Waals surface area contributed by atoms with Crippen LogP contribution >= 0.6 is 11.3 Å². The molecule has 5 nitrogen and oxygen atoms in total. The highest BCUT2D eigenvalue weighted by Gasteiger charge is 2.41. The molecule has 1 fully saturated rings. The van der Waals surface area contributed by atoms with Crippen LogP contribution in [0.5, 0.6) is 0 Å². The minimum atomic E-state index is -4.73. The van der Waals surface area contributed by atoms with Crippen molar-refractivity contribution in [2.24, 2.45) is 5.92 Å². The van der Waals surface area contributed by atoms with Gasteiger partial charge >= 0.3 is 12.1 Å². The zero-order chi connectivity index (χ0) is 15.1. The lowest BCUT2D eigenvalue weighted by Crippen LogP contribution is -2.46. The van der Waals surface area contributed by atoms with Crippen LogP contribution in [0.4, 0.5) is 13.2 Å². The first-order valence-electron chi connectivity index (χ1n) is 5.51. The molecule has 1 aliphatic carbocycles. The van der Waals surface area contributed by atoms with Crippen molar-refractivity contribution in [3.05, 3.63) is 16.3 Å². The summed E-state index contributed by atoms with van der Waals surface area (Å²) in [6.07, 6.45) is -4.57. The van der Waals surface area contributed by atoms with Gasteiger partial charge in [0.1, 0.15) is 9.77 Å². The van der Waals surface area contributed by atoms with Crippen LogP contribution in [-0.4, -0.2) is 25.5 Å². The van der Waals surface area contributed by atoms with E-state index in [9.17, 15) is 26.4 Å². The second-order valence-electron chi connectivity index (χ2n) is 4.44. The lowest BCUT2D eigenvalue weighted by Gasteiger charge is -2.32. The van der Waals surface area contributed by atoms with E-state index in [0.717, 1.165) is 11.4 Å². The fourth-order valence-electron chi connectivity index (χ4n) is 1.91. The summed E-state index contributed by atoms with van der Waals surface area (Å²) < 4.78 is 63.8. The fraction of sp³-hybridized carbons (Fsp3) is 0.500. The smallest absolute Gasteiger partial charge is 0.426 e. The van der Waals surface area contributed by atoms with E-state index in [1.807, 2.05) is 0 Å². The van der Waals surface area contributed by atoms with Gasteiger partial charge in [-0.05, 0) is 24.3 Å². The van der Waals surface area contributed by atoms with E-state index in [1.165, 1.54) is 0 Å². The molecule has 1 heterocycles. The van der Waals surface area contributed by atoms with Crippen LogP contribution < -0.4 is 4.72 Å². The largest absolute Gasteiger partial charge is 0.481 e. The van der Waals surface area contributed by atoms with Crippen molar-refractivity contribution in [3.8, 4) is 0 Å². The molecule has 112 valence electrons. The van der Waals surface area contributed by atoms with Crippen molar-refractivity contribution in [1.29, 1.82) is 0 Å². The van der Waals surface area contributed by atoms with E-state index < -0.39 is 43.9 Å². The summed E-state index contributed by atoms with van der Waals surface area (Å²) in [5.41, 5.74) is 0. The Morgan fingerprint density at radius 2 is 2.00 bits per heavy atom. The minimum Gasteiger partial charge on any atom is -0.481 e. The average molecular weight is 329 g/mol. The number of nitrogens with one attached hydrogen (secondary N) is 1. The second kappa shape index (κ2) is 5.01. The summed E-state index contributed by atoms with van der Waals surface area (Å²) in [6, 6.07) is 0.255. The number of rotatable bonds is 4. The Morgan fingerprint density at radius 1 is 1.40 bits per heavy atom. The van der Waals surface area contributed by atoms with Crippen LogP contribution in [0, 0.1) is 5.92 Å². The predicted octanol–water partition coefficient (Wildman–Crippen LogP) is 1.91. The molecular weight excluding hydrogens is 319 g/mol. The molecule has 0 spiro atoms. The van der Waals surface area contributed by atoms with E-state index in [1.54, 1.807) is 0 Å². The van der Waals surface area contributed by atoms with E-state index >= 15 is 0 Å². The van der Waals surface area contributed by atoms with Gasteiger partial charge in [-0.3, -0.25) is 4.79 Å². The maximum absolute atomic E-state index is 12.7. The Balaban J connectivity index is 2.13. The van der Waals surface area contributed by atoms with Gasteiger partial charge in [-0.15, -0.1) is 11.3 Å². The summed E-state index contributed by atoms with van der Waals surface area (Å²) in [4.78, 5) is 8.59. The van der Waals surface area contributed by atoms with Gasteiger partial charge < -0.3 is 5.11 Å². The number of carboxylic acid groups (broad SMARTS) is 1. The Kier molecular flexibility index (Phi) is 3.82. The molecule has 2 rings (SSSR count). The van der Waals surface area contributed by atoms with Crippen molar-refractivity contribution in [1.82, 2.24) is 4.72 Å². The molecule has 0 bridgehead atoms. The van der Waals surface area contributed by atoms with Gasteiger partial charge in [-0.2, -0.15) is 13.2 Å². The van der Waals surface area contributed by atoms with E-state index in [2.05, 4.69) is 4.72 Å². The molecule has 1 aromatic rings. The Hall–Kier alpha value is -1.13. The molecule has 20 heavy (non-hydrogen) atoms. The van der Waals surface area contributed by atoms with Crippen LogP contribution in [0.25, 0.3) is 0 Å². The SMILES string of the molecule is O=C(O)C1CC(NS(=O)(=O)c2ccsc2C(F)(F)F)C1. The average Bonchev–Trinajstić information content (AvgIpc) is 2.71. The van der Waals surface area contributed by atoms with Crippen LogP contribution in [-0.2, 0) is 21.0 Å². The summed E-state index contributed by atoms with van der Waals surface area (Å²) in [5, 5.41) is 9.71. The number of aliphatic carboxylic acids is 1. The lowest BCUT2D eigenvalue weighted by atomic mass is 9.81. The standard InChI is InChI=1S/C10H10F3NO4S2/c11-10(12,13)8-7(1-2-19-8)20(17,18)14-6-3-5(4-6)9(15)16/h1-2,5-6,14H,3-4H2,(H,15,16). The molecule has 0 saturated heterocycles. The maximum atomic E-state index is 12.7. The summed E-state index contributed by atoms with van der Waals surface area (Å²) in [7, 11) is -4.29. The van der Waals surface area contributed by atoms with E-state index in [-0.39, 0.29) is 12.8 Å². The van der Waals surface area contributed by atoms with Gasteiger partial charge in [0.25, 0.3) is 0 Å². The number of hydrogen-bond acceptors (Lipinski definition) is 4. The van der Waals surface area contributed by atoms with Crippen molar-refractivity contribution >= 4 is 27.3 Å². The monoisotopic (exact) mass is 329 g/mol. The van der Waals surface area contributed by atoms with Crippen LogP contribution in [0.2, 0.25) is 0 Å². The number of thiophene rings is 1. The third kappa shape index (κ3) is 2.96. The normalized spacial score (nSPS) is 23.4. The van der Waals surface area contributed by atoms with Crippen molar-refractivity contribution in [3.63, 3.8) is 0 Å². The number of halogens is 3. The number of carboxylic acids is 1. The molecule has 0 atom stereocenters. The third-order valence-corrected chi connectivity index (χ3v) is 5.64. The zero-order valence-electron chi connectivity index (χ0n) is 9.85. The van der Waals surface area contributed by atoms with Gasteiger partial charge in [0, 0.05) is 6.04 Å². The van der Waals surface area contributed by atoms with E-state index in [4.69, 9.17) is 5.11 Å². The lowest BCUT2D eigenvalue weighted by molar-refractivity contribution is -0.145. The Morgan fingerprint density at radius 3 is 2.50 bits per heavy atom. The third-order valence-electron chi connectivity index (χ3n) is 2.99. The molecule has 10 heteroatoms. The summed E-state index contributed by atoms with van der Waals surface area (Å²) >= 11 is 0.303. The minimum absolute atomic E-state index is 0.0834. The van der Waals surface area contributed by atoms with Gasteiger partial charge in [-0.25, -0.2) is 13.1 Å². The second-order valence-corrected chi connectivity index (χ2v) is 7.04. The topological polar surface area (TPSA) is 83.5 Å². The first-order chi connectivity index (χ1) is 9.11. The van der Waals surface area contributed by atoms with Gasteiger partial charge in [-0.1, -0.05) is 0 Å². The molecule has 0 radical (unpaired) electrons. The predicted molar refractivity (Wildman–Crippen MR) is 63.8 cm³/mol. The molecule has 1 saturated carbocycles. The molecule has 2 N–H and O–H groups in total. The quantitative estimate of drug-likeness (QED) is 0.884. The van der Waals surface area contributed by atoms with Crippen molar-refractivity contribution in [2.45, 2.75) is 30.0 Å². The van der Waals surface area contributed by atoms with E-state index in [0.29, 0.717) is 11.3 Å². The molecule has 1 aliphatic rings. The molecule has 0 amide bonds. The van der Waals surface area contributed by atoms with Gasteiger partial charge in [0.2, 0.25) is 10.0 Å². The molecule has 1 aromatic heterocycles. The maximum Gasteiger partial charge on any atom is 0.426 e. The molecule has 0 aliphatic heterocycles. The number of hydrogen-bond donors (Lipinski definition) is 2. The van der Waals surface area contributed by atoms with Gasteiger partial charge in [0.15, 0.2) is 0 Å². The summed E-state index contributed by atoms with van der Waals surface area (Å²) in [5.74, 6) is -1.68. The summed E-state index contributed by atoms with van der Waals surface area (Å²) in [6.45, 7) is 0. The number of sulfonamides is 1.